The van der Waals surface area contributed by atoms with Gasteiger partial charge in [-0.15, -0.1) is 11.8 Å². The Bertz CT molecular complexity index is 430. The van der Waals surface area contributed by atoms with E-state index in [-0.39, 0.29) is 6.10 Å². The van der Waals surface area contributed by atoms with Crippen LogP contribution in [0.1, 0.15) is 13.3 Å². The second-order valence-electron chi connectivity index (χ2n) is 5.06. The molecule has 1 heterocycles. The number of hydrogen-bond acceptors (Lipinski definition) is 3. The first kappa shape index (κ1) is 15.5. The molecule has 19 heavy (non-hydrogen) atoms. The minimum absolute atomic E-state index is 0.133. The molecule has 2 rings (SSSR count). The quantitative estimate of drug-likeness (QED) is 0.854. The molecular weight excluding hydrogens is 301 g/mol. The van der Waals surface area contributed by atoms with Crippen LogP contribution in [0.15, 0.2) is 23.1 Å². The fourth-order valence-electron chi connectivity index (χ4n) is 2.30. The maximum Gasteiger partial charge on any atom is 0.0590 e. The molecule has 1 aromatic rings. The van der Waals surface area contributed by atoms with Gasteiger partial charge in [0.25, 0.3) is 0 Å². The van der Waals surface area contributed by atoms with Crippen LogP contribution in [0.4, 0.5) is 0 Å². The lowest BCUT2D eigenvalue weighted by molar-refractivity contribution is 0.0377. The third-order valence-corrected chi connectivity index (χ3v) is 5.21. The zero-order valence-electron chi connectivity index (χ0n) is 11.0. The number of rotatable bonds is 4. The van der Waals surface area contributed by atoms with Crippen molar-refractivity contribution in [1.29, 1.82) is 0 Å². The Kier molecular flexibility index (Phi) is 5.85. The average molecular weight is 320 g/mol. The van der Waals surface area contributed by atoms with Gasteiger partial charge in [-0.3, -0.25) is 0 Å². The van der Waals surface area contributed by atoms with Crippen molar-refractivity contribution in [2.24, 2.45) is 5.92 Å². The predicted octanol–water partition coefficient (Wildman–Crippen LogP) is 3.79. The van der Waals surface area contributed by atoms with Crippen molar-refractivity contribution >= 4 is 35.0 Å². The standard InChI is InChI=1S/C14H19Cl2NOS/c1-10-9-17(5-4-13(10)18)6-7-19-14-8-11(15)2-3-12(14)16/h2-3,8,10,13,18H,4-7,9H2,1H3. The summed E-state index contributed by atoms with van der Waals surface area (Å²) in [4.78, 5) is 3.45. The van der Waals surface area contributed by atoms with Gasteiger partial charge in [0.2, 0.25) is 0 Å². The van der Waals surface area contributed by atoms with Crippen molar-refractivity contribution in [3.8, 4) is 0 Å². The molecule has 1 N–H and O–H groups in total. The molecular formula is C14H19Cl2NOS. The number of hydrogen-bond donors (Lipinski definition) is 1. The highest BCUT2D eigenvalue weighted by Crippen LogP contribution is 2.30. The Labute approximate surface area is 129 Å². The summed E-state index contributed by atoms with van der Waals surface area (Å²) in [5, 5.41) is 11.2. The third-order valence-electron chi connectivity index (χ3n) is 3.50. The fourth-order valence-corrected chi connectivity index (χ4v) is 3.80. The predicted molar refractivity (Wildman–Crippen MR) is 83.4 cm³/mol. The normalized spacial score (nSPS) is 24.6. The molecule has 106 valence electrons. The number of aliphatic hydroxyl groups excluding tert-OH is 1. The van der Waals surface area contributed by atoms with E-state index in [1.54, 1.807) is 11.8 Å². The van der Waals surface area contributed by atoms with Crippen LogP contribution in [0, 0.1) is 5.92 Å². The summed E-state index contributed by atoms with van der Waals surface area (Å²) in [7, 11) is 0. The Morgan fingerprint density at radius 1 is 1.42 bits per heavy atom. The van der Waals surface area contributed by atoms with E-state index < -0.39 is 0 Å². The van der Waals surface area contributed by atoms with E-state index in [1.807, 2.05) is 18.2 Å². The van der Waals surface area contributed by atoms with Crippen LogP contribution in [0.2, 0.25) is 10.0 Å². The summed E-state index contributed by atoms with van der Waals surface area (Å²) in [5.74, 6) is 1.36. The van der Waals surface area contributed by atoms with Crippen molar-refractivity contribution in [2.45, 2.75) is 24.3 Å². The molecule has 0 spiro atoms. The molecule has 2 nitrogen and oxygen atoms in total. The Hall–Kier alpha value is 0.0700. The van der Waals surface area contributed by atoms with Gasteiger partial charge in [-0.1, -0.05) is 30.1 Å². The zero-order chi connectivity index (χ0) is 13.8. The minimum Gasteiger partial charge on any atom is -0.393 e. The van der Waals surface area contributed by atoms with Gasteiger partial charge in [0, 0.05) is 35.3 Å². The Balaban J connectivity index is 1.79. The van der Waals surface area contributed by atoms with Gasteiger partial charge in [0.1, 0.15) is 0 Å². The maximum absolute atomic E-state index is 9.70. The fraction of sp³-hybridized carbons (Fsp3) is 0.571. The molecule has 2 atom stereocenters. The highest BCUT2D eigenvalue weighted by Gasteiger charge is 2.23. The number of piperidine rings is 1. The first-order chi connectivity index (χ1) is 9.06. The highest BCUT2D eigenvalue weighted by molar-refractivity contribution is 7.99. The summed E-state index contributed by atoms with van der Waals surface area (Å²) in [6, 6.07) is 5.56. The molecule has 2 unspecified atom stereocenters. The largest absolute Gasteiger partial charge is 0.393 e. The van der Waals surface area contributed by atoms with Gasteiger partial charge < -0.3 is 10.0 Å². The van der Waals surface area contributed by atoms with E-state index >= 15 is 0 Å². The van der Waals surface area contributed by atoms with Crippen LogP contribution in [0.5, 0.6) is 0 Å². The van der Waals surface area contributed by atoms with Gasteiger partial charge in [-0.25, -0.2) is 0 Å². The maximum atomic E-state index is 9.70. The lowest BCUT2D eigenvalue weighted by atomic mass is 9.97. The van der Waals surface area contributed by atoms with Crippen molar-refractivity contribution in [3.63, 3.8) is 0 Å². The first-order valence-corrected chi connectivity index (χ1v) is 8.28. The lowest BCUT2D eigenvalue weighted by Crippen LogP contribution is -2.42. The number of nitrogens with zero attached hydrogens (tertiary/aromatic N) is 1. The van der Waals surface area contributed by atoms with Gasteiger partial charge >= 0.3 is 0 Å². The zero-order valence-corrected chi connectivity index (χ0v) is 13.3. The Morgan fingerprint density at radius 2 is 2.21 bits per heavy atom. The second-order valence-corrected chi connectivity index (χ2v) is 7.04. The van der Waals surface area contributed by atoms with Crippen molar-refractivity contribution in [2.75, 3.05) is 25.4 Å². The molecule has 0 saturated carbocycles. The molecule has 0 bridgehead atoms. The molecule has 0 amide bonds. The van der Waals surface area contributed by atoms with Crippen LogP contribution in [0.3, 0.4) is 0 Å². The van der Waals surface area contributed by atoms with E-state index in [9.17, 15) is 5.11 Å². The molecule has 1 fully saturated rings. The van der Waals surface area contributed by atoms with E-state index in [4.69, 9.17) is 23.2 Å². The molecule has 5 heteroatoms. The van der Waals surface area contributed by atoms with Gasteiger partial charge in [-0.05, 0) is 30.5 Å². The van der Waals surface area contributed by atoms with Crippen LogP contribution in [0.25, 0.3) is 0 Å². The number of aliphatic hydroxyl groups is 1. The molecule has 0 radical (unpaired) electrons. The third kappa shape index (κ3) is 4.54. The minimum atomic E-state index is -0.133. The molecule has 0 aromatic heterocycles. The van der Waals surface area contributed by atoms with Crippen LogP contribution in [-0.4, -0.2) is 41.5 Å². The molecule has 1 saturated heterocycles. The van der Waals surface area contributed by atoms with Crippen LogP contribution in [-0.2, 0) is 0 Å². The molecule has 1 aliphatic heterocycles. The van der Waals surface area contributed by atoms with Crippen molar-refractivity contribution in [3.05, 3.63) is 28.2 Å². The van der Waals surface area contributed by atoms with E-state index in [0.717, 1.165) is 46.7 Å². The van der Waals surface area contributed by atoms with E-state index in [2.05, 4.69) is 11.8 Å². The topological polar surface area (TPSA) is 23.5 Å². The summed E-state index contributed by atoms with van der Waals surface area (Å²) in [6.07, 6.45) is 0.746. The van der Waals surface area contributed by atoms with Gasteiger partial charge in [0.05, 0.1) is 11.1 Å². The molecule has 0 aliphatic carbocycles. The molecule has 1 aromatic carbocycles. The number of halogens is 2. The first-order valence-electron chi connectivity index (χ1n) is 6.54. The number of thioether (sulfide) groups is 1. The summed E-state index contributed by atoms with van der Waals surface area (Å²) < 4.78 is 0. The highest BCUT2D eigenvalue weighted by atomic mass is 35.5. The summed E-state index contributed by atoms with van der Waals surface area (Å²) in [5.41, 5.74) is 0. The molecule has 1 aliphatic rings. The number of likely N-dealkylation sites (tertiary alicyclic amines) is 1. The van der Waals surface area contributed by atoms with E-state index in [0.29, 0.717) is 5.92 Å². The van der Waals surface area contributed by atoms with Crippen molar-refractivity contribution in [1.82, 2.24) is 4.90 Å². The van der Waals surface area contributed by atoms with Gasteiger partial charge in [-0.2, -0.15) is 0 Å². The van der Waals surface area contributed by atoms with Gasteiger partial charge in [0.15, 0.2) is 0 Å². The SMILES string of the molecule is CC1CN(CCSc2cc(Cl)ccc2Cl)CCC1O. The van der Waals surface area contributed by atoms with E-state index in [1.165, 1.54) is 0 Å². The van der Waals surface area contributed by atoms with Crippen LogP contribution >= 0.6 is 35.0 Å². The summed E-state index contributed by atoms with van der Waals surface area (Å²) in [6.45, 7) is 5.09. The summed E-state index contributed by atoms with van der Waals surface area (Å²) >= 11 is 13.8. The lowest BCUT2D eigenvalue weighted by Gasteiger charge is -2.34. The second kappa shape index (κ2) is 7.19. The number of benzene rings is 1. The average Bonchev–Trinajstić information content (AvgIpc) is 2.38. The van der Waals surface area contributed by atoms with Crippen LogP contribution < -0.4 is 0 Å². The van der Waals surface area contributed by atoms with Crippen molar-refractivity contribution < 1.29 is 5.11 Å². The smallest absolute Gasteiger partial charge is 0.0590 e. The Morgan fingerprint density at radius 3 is 2.95 bits per heavy atom. The monoisotopic (exact) mass is 319 g/mol.